The number of nitrogens with zero attached hydrogens (tertiary/aromatic N) is 2. The third kappa shape index (κ3) is 10.4. The largest absolute Gasteiger partial charge is 0.481 e. The van der Waals surface area contributed by atoms with Crippen molar-refractivity contribution in [2.24, 2.45) is 22.2 Å². The molecule has 1 aromatic rings. The number of aliphatic carboxylic acids is 2. The van der Waals surface area contributed by atoms with Crippen molar-refractivity contribution in [2.75, 3.05) is 13.1 Å². The third-order valence-corrected chi connectivity index (χ3v) is 4.39. The number of aromatic nitrogens is 2. The summed E-state index contributed by atoms with van der Waals surface area (Å²) in [4.78, 5) is 70.2. The number of H-pyrrole nitrogens is 1. The number of nitrogens with one attached hydrogen (secondary N) is 4. The first-order chi connectivity index (χ1) is 16.0. The van der Waals surface area contributed by atoms with Gasteiger partial charge in [-0.3, -0.25) is 24.2 Å². The first kappa shape index (κ1) is 27.8. The average Bonchev–Trinajstić information content (AvgIpc) is 3.27. The minimum absolute atomic E-state index is 0.0540. The van der Waals surface area contributed by atoms with E-state index in [0.29, 0.717) is 5.69 Å². The van der Waals surface area contributed by atoms with Crippen molar-refractivity contribution in [1.82, 2.24) is 25.9 Å². The second-order valence-corrected chi connectivity index (χ2v) is 7.11. The van der Waals surface area contributed by atoms with Gasteiger partial charge in [-0.2, -0.15) is 0 Å². The van der Waals surface area contributed by atoms with E-state index in [1.807, 2.05) is 0 Å². The molecule has 3 unspecified atom stereocenters. The molecule has 0 fully saturated rings. The van der Waals surface area contributed by atoms with E-state index in [4.69, 9.17) is 22.3 Å². The maximum atomic E-state index is 12.8. The summed E-state index contributed by atoms with van der Waals surface area (Å²) in [5, 5.41) is 25.3. The Bertz CT molecular complexity index is 884. The summed E-state index contributed by atoms with van der Waals surface area (Å²) in [5.41, 5.74) is 16.1. The molecule has 0 aromatic carbocycles. The normalized spacial score (nSPS) is 13.1. The van der Waals surface area contributed by atoms with E-state index in [2.05, 4.69) is 30.9 Å². The lowest BCUT2D eigenvalue weighted by Gasteiger charge is -2.23. The zero-order valence-electron chi connectivity index (χ0n) is 18.2. The van der Waals surface area contributed by atoms with Crippen LogP contribution in [0.1, 0.15) is 25.0 Å². The van der Waals surface area contributed by atoms with E-state index in [9.17, 15) is 29.1 Å². The molecule has 16 nitrogen and oxygen atoms in total. The molecule has 3 amide bonds. The van der Waals surface area contributed by atoms with Crippen molar-refractivity contribution in [3.05, 3.63) is 18.2 Å². The first-order valence-electron chi connectivity index (χ1n) is 10.1. The Kier molecular flexibility index (Phi) is 11.5. The molecule has 16 heteroatoms. The van der Waals surface area contributed by atoms with Crippen LogP contribution in [0.4, 0.5) is 0 Å². The van der Waals surface area contributed by atoms with Crippen molar-refractivity contribution in [3.8, 4) is 0 Å². The topological polar surface area (TPSA) is 281 Å². The van der Waals surface area contributed by atoms with Crippen LogP contribution in [0.3, 0.4) is 0 Å². The van der Waals surface area contributed by atoms with Gasteiger partial charge >= 0.3 is 11.9 Å². The van der Waals surface area contributed by atoms with E-state index >= 15 is 0 Å². The molecule has 3 atom stereocenters. The molecular formula is C18H29N9O7. The fraction of sp³-hybridized carbons (Fsp3) is 0.500. The summed E-state index contributed by atoms with van der Waals surface area (Å²) in [7, 11) is 0. The Labute approximate surface area is 193 Å². The van der Waals surface area contributed by atoms with E-state index in [-0.39, 0.29) is 31.8 Å². The quantitative estimate of drug-likeness (QED) is 0.0657. The van der Waals surface area contributed by atoms with Gasteiger partial charge in [0.15, 0.2) is 5.96 Å². The number of nitrogens with two attached hydrogens (primary N) is 3. The van der Waals surface area contributed by atoms with E-state index in [1.54, 1.807) is 0 Å². The minimum Gasteiger partial charge on any atom is -0.481 e. The highest BCUT2D eigenvalue weighted by Gasteiger charge is 2.31. The summed E-state index contributed by atoms with van der Waals surface area (Å²) in [5.74, 6) is -5.54. The Morgan fingerprint density at radius 1 is 1.03 bits per heavy atom. The number of imidazole rings is 1. The Balaban J connectivity index is 2.92. The molecule has 1 aromatic heterocycles. The predicted octanol–water partition coefficient (Wildman–Crippen LogP) is -4.02. The number of carboxylic acids is 2. The molecule has 0 saturated heterocycles. The molecule has 0 bridgehead atoms. The van der Waals surface area contributed by atoms with Crippen LogP contribution in [0.15, 0.2) is 17.5 Å². The fourth-order valence-corrected chi connectivity index (χ4v) is 2.77. The van der Waals surface area contributed by atoms with Crippen molar-refractivity contribution >= 4 is 35.6 Å². The minimum atomic E-state index is -1.62. The summed E-state index contributed by atoms with van der Waals surface area (Å²) < 4.78 is 0. The van der Waals surface area contributed by atoms with Gasteiger partial charge in [0, 0.05) is 24.9 Å². The lowest BCUT2D eigenvalue weighted by molar-refractivity contribution is -0.143. The highest BCUT2D eigenvalue weighted by molar-refractivity contribution is 5.95. The van der Waals surface area contributed by atoms with Gasteiger partial charge in [0.2, 0.25) is 17.7 Å². The number of guanidine groups is 1. The van der Waals surface area contributed by atoms with Gasteiger partial charge in [-0.25, -0.2) is 9.78 Å². The molecule has 34 heavy (non-hydrogen) atoms. The zero-order chi connectivity index (χ0) is 25.7. The van der Waals surface area contributed by atoms with Gasteiger partial charge in [-0.05, 0) is 12.8 Å². The van der Waals surface area contributed by atoms with Gasteiger partial charge in [-0.15, -0.1) is 0 Å². The van der Waals surface area contributed by atoms with Gasteiger partial charge in [-0.1, -0.05) is 0 Å². The Morgan fingerprint density at radius 3 is 2.21 bits per heavy atom. The Morgan fingerprint density at radius 2 is 1.68 bits per heavy atom. The van der Waals surface area contributed by atoms with E-state index in [1.165, 1.54) is 12.5 Å². The van der Waals surface area contributed by atoms with Gasteiger partial charge in [0.25, 0.3) is 0 Å². The molecule has 0 spiro atoms. The van der Waals surface area contributed by atoms with Crippen LogP contribution in [-0.2, 0) is 30.4 Å². The summed E-state index contributed by atoms with van der Waals surface area (Å²) in [6.07, 6.45) is 2.04. The number of aliphatic imine (C=N–C) groups is 1. The predicted molar refractivity (Wildman–Crippen MR) is 117 cm³/mol. The number of carboxylic acid groups (broad SMARTS) is 2. The first-order valence-corrected chi connectivity index (χ1v) is 10.1. The number of rotatable bonds is 15. The number of amides is 3. The highest BCUT2D eigenvalue weighted by atomic mass is 16.4. The standard InChI is InChI=1S/C18H29N9O7/c19-6-13(28)25-11(4-9-7-22-8-24-9)15(31)27-12(5-14(29)30)16(32)26-10(17(33)34)2-1-3-23-18(20)21/h7-8,10-12H,1-6,19H2,(H,22,24)(H,25,28)(H,26,32)(H,27,31)(H,29,30)(H,33,34)(H4,20,21,23). The second-order valence-electron chi connectivity index (χ2n) is 7.11. The lowest BCUT2D eigenvalue weighted by Crippen LogP contribution is -2.57. The average molecular weight is 483 g/mol. The molecule has 1 heterocycles. The van der Waals surface area contributed by atoms with Crippen LogP contribution in [0, 0.1) is 0 Å². The smallest absolute Gasteiger partial charge is 0.326 e. The van der Waals surface area contributed by atoms with Crippen molar-refractivity contribution < 1.29 is 34.2 Å². The Hall–Kier alpha value is -4.21. The molecule has 188 valence electrons. The van der Waals surface area contributed by atoms with Crippen molar-refractivity contribution in [3.63, 3.8) is 0 Å². The zero-order valence-corrected chi connectivity index (χ0v) is 18.2. The third-order valence-electron chi connectivity index (χ3n) is 4.39. The second kappa shape index (κ2) is 14.0. The van der Waals surface area contributed by atoms with Crippen molar-refractivity contribution in [1.29, 1.82) is 0 Å². The van der Waals surface area contributed by atoms with Crippen molar-refractivity contribution in [2.45, 2.75) is 43.8 Å². The monoisotopic (exact) mass is 483 g/mol. The van der Waals surface area contributed by atoms with Crippen LogP contribution >= 0.6 is 0 Å². The van der Waals surface area contributed by atoms with Crippen LogP contribution in [0.5, 0.6) is 0 Å². The molecule has 0 aliphatic carbocycles. The molecule has 12 N–H and O–H groups in total. The SMILES string of the molecule is NCC(=O)NC(Cc1cnc[nH]1)C(=O)NC(CC(=O)O)C(=O)NC(CCCN=C(N)N)C(=O)O. The number of carbonyl (C=O) groups is 5. The van der Waals surface area contributed by atoms with Gasteiger partial charge < -0.3 is 48.3 Å². The van der Waals surface area contributed by atoms with Crippen LogP contribution in [-0.4, -0.2) is 87.0 Å². The van der Waals surface area contributed by atoms with Crippen LogP contribution in [0.25, 0.3) is 0 Å². The van der Waals surface area contributed by atoms with E-state index in [0.717, 1.165) is 0 Å². The molecular weight excluding hydrogens is 454 g/mol. The number of aromatic amines is 1. The summed E-state index contributed by atoms with van der Waals surface area (Å²) in [6, 6.07) is -4.22. The summed E-state index contributed by atoms with van der Waals surface area (Å²) in [6.45, 7) is -0.292. The van der Waals surface area contributed by atoms with Gasteiger partial charge in [0.05, 0.1) is 19.3 Å². The van der Waals surface area contributed by atoms with Gasteiger partial charge in [0.1, 0.15) is 18.1 Å². The highest BCUT2D eigenvalue weighted by Crippen LogP contribution is 2.04. The van der Waals surface area contributed by atoms with E-state index < -0.39 is 60.8 Å². The number of hydrogen-bond donors (Lipinski definition) is 9. The number of hydrogen-bond acceptors (Lipinski definition) is 8. The molecule has 0 aliphatic rings. The molecule has 0 radical (unpaired) electrons. The fourth-order valence-electron chi connectivity index (χ4n) is 2.77. The molecule has 0 saturated carbocycles. The molecule has 0 aliphatic heterocycles. The molecule has 1 rings (SSSR count). The number of carbonyl (C=O) groups excluding carboxylic acids is 3. The lowest BCUT2D eigenvalue weighted by atomic mass is 10.1. The maximum Gasteiger partial charge on any atom is 0.326 e. The van der Waals surface area contributed by atoms with Crippen LogP contribution < -0.4 is 33.2 Å². The van der Waals surface area contributed by atoms with Crippen LogP contribution in [0.2, 0.25) is 0 Å². The summed E-state index contributed by atoms with van der Waals surface area (Å²) >= 11 is 0. The maximum absolute atomic E-state index is 12.8.